The summed E-state index contributed by atoms with van der Waals surface area (Å²) in [5.74, 6) is 0.598. The smallest absolute Gasteiger partial charge is 0.138 e. The monoisotopic (exact) mass is 299 g/mol. The van der Waals surface area contributed by atoms with E-state index in [4.69, 9.17) is 21.6 Å². The Kier molecular flexibility index (Phi) is 3.60. The summed E-state index contributed by atoms with van der Waals surface area (Å²) < 4.78 is 7.00. The van der Waals surface area contributed by atoms with E-state index in [2.05, 4.69) is 23.6 Å². The van der Waals surface area contributed by atoms with Gasteiger partial charge in [0.2, 0.25) is 0 Å². The maximum atomic E-state index is 8.80. The van der Waals surface area contributed by atoms with E-state index in [0.29, 0.717) is 22.9 Å². The van der Waals surface area contributed by atoms with Gasteiger partial charge in [-0.1, -0.05) is 29.8 Å². The first-order valence-electron chi connectivity index (χ1n) is 6.05. The molecule has 0 bridgehead atoms. The zero-order valence-corrected chi connectivity index (χ0v) is 12.0. The zero-order valence-electron chi connectivity index (χ0n) is 10.5. The minimum absolute atomic E-state index is 0.462. The number of nitrogens with zero attached hydrogens (tertiary/aromatic N) is 1. The number of rotatable bonds is 3. The van der Waals surface area contributed by atoms with Gasteiger partial charge in [-0.05, 0) is 35.0 Å². The number of halogens is 1. The van der Waals surface area contributed by atoms with Crippen molar-refractivity contribution in [2.45, 2.75) is 6.61 Å². The fraction of sp³-hybridized carbons (Fsp3) is 0.0625. The van der Waals surface area contributed by atoms with Gasteiger partial charge in [-0.2, -0.15) is 5.26 Å². The van der Waals surface area contributed by atoms with Crippen molar-refractivity contribution in [2.24, 2.45) is 0 Å². The van der Waals surface area contributed by atoms with Crippen LogP contribution in [0.2, 0.25) is 5.02 Å². The lowest BCUT2D eigenvalue weighted by Crippen LogP contribution is -1.95. The summed E-state index contributed by atoms with van der Waals surface area (Å²) in [6.45, 7) is 0.468. The Morgan fingerprint density at radius 2 is 2.05 bits per heavy atom. The highest BCUT2D eigenvalue weighted by atomic mass is 35.5. The van der Waals surface area contributed by atoms with Crippen LogP contribution in [-0.4, -0.2) is 0 Å². The molecule has 0 aliphatic carbocycles. The third kappa shape index (κ3) is 2.49. The Morgan fingerprint density at radius 3 is 2.85 bits per heavy atom. The molecule has 0 fully saturated rings. The van der Waals surface area contributed by atoms with Gasteiger partial charge >= 0.3 is 0 Å². The summed E-state index contributed by atoms with van der Waals surface area (Å²) in [5, 5.41) is 12.6. The summed E-state index contributed by atoms with van der Waals surface area (Å²) in [5.41, 5.74) is 1.68. The van der Waals surface area contributed by atoms with E-state index >= 15 is 0 Å². The second kappa shape index (κ2) is 5.54. The van der Waals surface area contributed by atoms with Gasteiger partial charge in [0.15, 0.2) is 0 Å². The molecule has 2 nitrogen and oxygen atoms in total. The number of hydrogen-bond donors (Lipinski definition) is 0. The molecule has 0 radical (unpaired) electrons. The highest BCUT2D eigenvalue weighted by molar-refractivity contribution is 7.17. The number of benzene rings is 2. The van der Waals surface area contributed by atoms with Crippen LogP contribution in [-0.2, 0) is 6.61 Å². The molecule has 0 atom stereocenters. The number of thiophene rings is 1. The van der Waals surface area contributed by atoms with Crippen LogP contribution < -0.4 is 4.74 Å². The average molecular weight is 300 g/mol. The summed E-state index contributed by atoms with van der Waals surface area (Å²) in [4.78, 5) is 0. The minimum atomic E-state index is 0.462. The molecule has 0 spiro atoms. The fourth-order valence-corrected chi connectivity index (χ4v) is 3.17. The van der Waals surface area contributed by atoms with Crippen LogP contribution in [0.4, 0.5) is 0 Å². The van der Waals surface area contributed by atoms with Crippen molar-refractivity contribution < 1.29 is 4.74 Å². The molecule has 2 aromatic carbocycles. The van der Waals surface area contributed by atoms with Crippen LogP contribution in [0.15, 0.2) is 47.8 Å². The summed E-state index contributed by atoms with van der Waals surface area (Å²) in [7, 11) is 0. The molecule has 3 rings (SSSR count). The summed E-state index contributed by atoms with van der Waals surface area (Å²) in [6.07, 6.45) is 0. The van der Waals surface area contributed by atoms with Crippen molar-refractivity contribution >= 4 is 33.0 Å². The van der Waals surface area contributed by atoms with Crippen molar-refractivity contribution in [1.82, 2.24) is 0 Å². The largest absolute Gasteiger partial charge is 0.487 e. The van der Waals surface area contributed by atoms with Gasteiger partial charge in [-0.3, -0.25) is 0 Å². The van der Waals surface area contributed by atoms with Gasteiger partial charge in [0.1, 0.15) is 12.4 Å². The molecule has 3 aromatic rings. The second-order valence-electron chi connectivity index (χ2n) is 4.30. The molecular formula is C16H10ClNOS. The van der Waals surface area contributed by atoms with Crippen LogP contribution in [0.1, 0.15) is 11.1 Å². The first kappa shape index (κ1) is 13.0. The molecular weight excluding hydrogens is 290 g/mol. The molecule has 4 heteroatoms. The number of hydrogen-bond acceptors (Lipinski definition) is 3. The Hall–Kier alpha value is -2.02. The normalized spacial score (nSPS) is 10.4. The Morgan fingerprint density at radius 1 is 1.20 bits per heavy atom. The summed E-state index contributed by atoms with van der Waals surface area (Å²) in [6, 6.07) is 15.3. The Bertz CT molecular complexity index is 804. The first-order chi connectivity index (χ1) is 9.78. The molecule has 0 aliphatic heterocycles. The summed E-state index contributed by atoms with van der Waals surface area (Å²) >= 11 is 7.80. The number of nitriles is 1. The van der Waals surface area contributed by atoms with Gasteiger partial charge in [0.25, 0.3) is 0 Å². The van der Waals surface area contributed by atoms with Crippen LogP contribution in [0.3, 0.4) is 0 Å². The third-order valence-corrected chi connectivity index (χ3v) is 4.31. The Labute approximate surface area is 125 Å². The first-order valence-corrected chi connectivity index (χ1v) is 7.31. The van der Waals surface area contributed by atoms with Gasteiger partial charge in [-0.25, -0.2) is 0 Å². The van der Waals surface area contributed by atoms with Crippen molar-refractivity contribution in [2.75, 3.05) is 0 Å². The lowest BCUT2D eigenvalue weighted by atomic mass is 10.2. The van der Waals surface area contributed by atoms with Crippen molar-refractivity contribution in [3.05, 3.63) is 64.0 Å². The predicted molar refractivity (Wildman–Crippen MR) is 82.3 cm³/mol. The van der Waals surface area contributed by atoms with Gasteiger partial charge in [0, 0.05) is 10.3 Å². The van der Waals surface area contributed by atoms with E-state index in [-0.39, 0.29) is 0 Å². The van der Waals surface area contributed by atoms with E-state index in [9.17, 15) is 0 Å². The minimum Gasteiger partial charge on any atom is -0.487 e. The quantitative estimate of drug-likeness (QED) is 0.681. The standard InChI is InChI=1S/C16H10ClNOS/c17-14-7-11(8-18)5-6-15(14)19-9-12-10-20-16-4-2-1-3-13(12)16/h1-7,10H,9H2. The highest BCUT2D eigenvalue weighted by Gasteiger charge is 2.07. The lowest BCUT2D eigenvalue weighted by molar-refractivity contribution is 0.308. The lowest BCUT2D eigenvalue weighted by Gasteiger charge is -2.07. The van der Waals surface area contributed by atoms with Crippen molar-refractivity contribution in [1.29, 1.82) is 5.26 Å². The average Bonchev–Trinajstić information content (AvgIpc) is 2.89. The van der Waals surface area contributed by atoms with Gasteiger partial charge in [0.05, 0.1) is 16.7 Å². The van der Waals surface area contributed by atoms with E-state index in [1.807, 2.05) is 12.1 Å². The van der Waals surface area contributed by atoms with E-state index in [1.165, 1.54) is 10.1 Å². The highest BCUT2D eigenvalue weighted by Crippen LogP contribution is 2.29. The molecule has 0 aliphatic rings. The molecule has 0 amide bonds. The maximum Gasteiger partial charge on any atom is 0.138 e. The zero-order chi connectivity index (χ0) is 13.9. The van der Waals surface area contributed by atoms with Crippen molar-refractivity contribution in [3.8, 4) is 11.8 Å². The maximum absolute atomic E-state index is 8.80. The molecule has 0 N–H and O–H groups in total. The molecule has 98 valence electrons. The van der Waals surface area contributed by atoms with Crippen LogP contribution in [0.5, 0.6) is 5.75 Å². The van der Waals surface area contributed by atoms with E-state index in [1.54, 1.807) is 29.5 Å². The van der Waals surface area contributed by atoms with Crippen LogP contribution >= 0.6 is 22.9 Å². The molecule has 1 aromatic heterocycles. The van der Waals surface area contributed by atoms with E-state index in [0.717, 1.165) is 5.56 Å². The fourth-order valence-electron chi connectivity index (χ4n) is 1.99. The molecule has 20 heavy (non-hydrogen) atoms. The molecule has 0 saturated carbocycles. The molecule has 0 saturated heterocycles. The SMILES string of the molecule is N#Cc1ccc(OCc2csc3ccccc23)c(Cl)c1. The number of ether oxygens (including phenoxy) is 1. The van der Waals surface area contributed by atoms with Gasteiger partial charge < -0.3 is 4.74 Å². The predicted octanol–water partition coefficient (Wildman–Crippen LogP) is 5.01. The molecule has 1 heterocycles. The topological polar surface area (TPSA) is 33.0 Å². The van der Waals surface area contributed by atoms with Crippen molar-refractivity contribution in [3.63, 3.8) is 0 Å². The van der Waals surface area contributed by atoms with Gasteiger partial charge in [-0.15, -0.1) is 11.3 Å². The van der Waals surface area contributed by atoms with E-state index < -0.39 is 0 Å². The molecule has 0 unspecified atom stereocenters. The second-order valence-corrected chi connectivity index (χ2v) is 5.62. The van der Waals surface area contributed by atoms with Crippen LogP contribution in [0, 0.1) is 11.3 Å². The third-order valence-electron chi connectivity index (χ3n) is 3.01. The number of fused-ring (bicyclic) bond motifs is 1. The Balaban J connectivity index is 1.81. The van der Waals surface area contributed by atoms with Crippen LogP contribution in [0.25, 0.3) is 10.1 Å².